The number of hydrogen-bond acceptors (Lipinski definition) is 7. The van der Waals surface area contributed by atoms with Crippen LogP contribution in [0.3, 0.4) is 0 Å². The van der Waals surface area contributed by atoms with E-state index in [1.807, 2.05) is 18.2 Å². The van der Waals surface area contributed by atoms with Crippen molar-refractivity contribution in [3.8, 4) is 6.07 Å². The van der Waals surface area contributed by atoms with E-state index >= 15 is 0 Å². The van der Waals surface area contributed by atoms with Crippen LogP contribution in [0.2, 0.25) is 10.0 Å². The van der Waals surface area contributed by atoms with Gasteiger partial charge in [-0.05, 0) is 42.0 Å². The maximum absolute atomic E-state index is 14.4. The molecule has 0 unspecified atom stereocenters. The van der Waals surface area contributed by atoms with E-state index in [2.05, 4.69) is 32.0 Å². The van der Waals surface area contributed by atoms with Crippen LogP contribution in [0.4, 0.5) is 25.8 Å². The van der Waals surface area contributed by atoms with Crippen molar-refractivity contribution in [1.82, 2.24) is 21.4 Å². The van der Waals surface area contributed by atoms with Crippen molar-refractivity contribution < 1.29 is 8.78 Å². The van der Waals surface area contributed by atoms with E-state index in [4.69, 9.17) is 23.2 Å². The second kappa shape index (κ2) is 9.87. The standard InChI is InChI=1S/C25H17Cl2F2N7/c26-15-6-4-13(5-7-15)23(21-12-32-36-35-21)33-16-8-17-22(34-25-19(28)2-1-3-20(25)29)14(10-30)11-31-24(17)18(27)9-16/h1-9,11-12,23,32-33,35-36H,(H,31,34)/t23-/m0/s1. The number of benzene rings is 3. The van der Waals surface area contributed by atoms with Crippen molar-refractivity contribution in [1.29, 1.82) is 5.26 Å². The van der Waals surface area contributed by atoms with Crippen molar-refractivity contribution >= 4 is 51.2 Å². The van der Waals surface area contributed by atoms with Gasteiger partial charge in [-0.3, -0.25) is 4.98 Å². The van der Waals surface area contributed by atoms with E-state index in [-0.39, 0.29) is 28.0 Å². The molecule has 0 saturated carbocycles. The van der Waals surface area contributed by atoms with Gasteiger partial charge in [0.1, 0.15) is 23.4 Å². The normalized spacial score (nSPS) is 13.4. The lowest BCUT2D eigenvalue weighted by Crippen LogP contribution is -2.33. The van der Waals surface area contributed by atoms with Crippen LogP contribution < -0.4 is 27.0 Å². The van der Waals surface area contributed by atoms with E-state index in [1.165, 1.54) is 12.3 Å². The number of nitrogens with zero attached hydrogens (tertiary/aromatic N) is 2. The Balaban J connectivity index is 1.62. The highest BCUT2D eigenvalue weighted by Crippen LogP contribution is 2.37. The number of rotatable bonds is 6. The zero-order valence-corrected chi connectivity index (χ0v) is 19.8. The van der Waals surface area contributed by atoms with E-state index in [0.717, 1.165) is 23.4 Å². The highest BCUT2D eigenvalue weighted by atomic mass is 35.5. The summed E-state index contributed by atoms with van der Waals surface area (Å²) >= 11 is 12.6. The molecule has 180 valence electrons. The topological polar surface area (TPSA) is 96.8 Å². The third-order valence-electron chi connectivity index (χ3n) is 5.59. The van der Waals surface area contributed by atoms with Crippen LogP contribution in [-0.2, 0) is 0 Å². The number of hydrogen-bond donors (Lipinski definition) is 5. The van der Waals surface area contributed by atoms with Crippen LogP contribution in [0.15, 0.2) is 72.7 Å². The smallest absolute Gasteiger partial charge is 0.149 e. The Kier molecular flexibility index (Phi) is 6.48. The lowest BCUT2D eigenvalue weighted by atomic mass is 10.0. The Morgan fingerprint density at radius 1 is 1.00 bits per heavy atom. The van der Waals surface area contributed by atoms with Gasteiger partial charge in [-0.1, -0.05) is 41.4 Å². The van der Waals surface area contributed by atoms with Crippen LogP contribution in [-0.4, -0.2) is 4.98 Å². The molecule has 0 radical (unpaired) electrons. The second-order valence-electron chi connectivity index (χ2n) is 7.86. The Morgan fingerprint density at radius 2 is 1.75 bits per heavy atom. The van der Waals surface area contributed by atoms with Crippen molar-refractivity contribution in [2.75, 3.05) is 10.6 Å². The highest BCUT2D eigenvalue weighted by molar-refractivity contribution is 6.36. The molecule has 1 aliphatic rings. The third kappa shape index (κ3) is 4.57. The molecular weight excluding hydrogens is 507 g/mol. The molecule has 0 aliphatic carbocycles. The quantitative estimate of drug-likeness (QED) is 0.210. The first-order valence-electron chi connectivity index (χ1n) is 10.7. The predicted molar refractivity (Wildman–Crippen MR) is 136 cm³/mol. The summed E-state index contributed by atoms with van der Waals surface area (Å²) in [6, 6.07) is 15.9. The maximum atomic E-state index is 14.4. The number of fused-ring (bicyclic) bond motifs is 1. The van der Waals surface area contributed by atoms with Crippen LogP contribution >= 0.6 is 23.2 Å². The Bertz CT molecular complexity index is 1510. The molecule has 0 fully saturated rings. The zero-order valence-electron chi connectivity index (χ0n) is 18.3. The van der Waals surface area contributed by atoms with E-state index < -0.39 is 11.6 Å². The first kappa shape index (κ1) is 23.6. The minimum absolute atomic E-state index is 0.0983. The van der Waals surface area contributed by atoms with Crippen LogP contribution in [0, 0.1) is 23.0 Å². The van der Waals surface area contributed by atoms with Gasteiger partial charge >= 0.3 is 0 Å². The van der Waals surface area contributed by atoms with E-state index in [9.17, 15) is 14.0 Å². The minimum Gasteiger partial charge on any atom is -0.373 e. The molecule has 0 spiro atoms. The molecule has 0 amide bonds. The fourth-order valence-electron chi connectivity index (χ4n) is 3.88. The van der Waals surface area contributed by atoms with Gasteiger partial charge in [0.25, 0.3) is 0 Å². The van der Waals surface area contributed by atoms with E-state index in [0.29, 0.717) is 21.6 Å². The summed E-state index contributed by atoms with van der Waals surface area (Å²) in [6.07, 6.45) is 3.07. The molecule has 11 heteroatoms. The fraction of sp³-hybridized carbons (Fsp3) is 0.0400. The van der Waals surface area contributed by atoms with Crippen molar-refractivity contribution in [3.63, 3.8) is 0 Å². The summed E-state index contributed by atoms with van der Waals surface area (Å²) in [6.45, 7) is 0. The van der Waals surface area contributed by atoms with Gasteiger partial charge < -0.3 is 21.5 Å². The first-order chi connectivity index (χ1) is 17.4. The zero-order chi connectivity index (χ0) is 25.2. The third-order valence-corrected chi connectivity index (χ3v) is 6.13. The second-order valence-corrected chi connectivity index (χ2v) is 8.70. The predicted octanol–water partition coefficient (Wildman–Crippen LogP) is 6.04. The van der Waals surface area contributed by atoms with E-state index in [1.54, 1.807) is 30.5 Å². The van der Waals surface area contributed by atoms with Gasteiger partial charge in [-0.15, -0.1) is 0 Å². The summed E-state index contributed by atoms with van der Waals surface area (Å²) in [7, 11) is 0. The molecule has 0 saturated heterocycles. The molecule has 0 bridgehead atoms. The summed E-state index contributed by atoms with van der Waals surface area (Å²) in [5.41, 5.74) is 11.3. The average molecular weight is 524 g/mol. The van der Waals surface area contributed by atoms with Crippen molar-refractivity contribution in [2.24, 2.45) is 0 Å². The molecule has 2 heterocycles. The molecule has 7 nitrogen and oxygen atoms in total. The molecule has 5 N–H and O–H groups in total. The number of anilines is 3. The Morgan fingerprint density at radius 3 is 2.42 bits per heavy atom. The molecule has 1 aliphatic heterocycles. The van der Waals surface area contributed by atoms with Gasteiger partial charge in [-0.25, -0.2) is 8.78 Å². The average Bonchev–Trinajstić information content (AvgIpc) is 3.40. The van der Waals surface area contributed by atoms with Crippen molar-refractivity contribution in [2.45, 2.75) is 6.04 Å². The molecular formula is C25H17Cl2F2N7. The van der Waals surface area contributed by atoms with Crippen LogP contribution in [0.5, 0.6) is 0 Å². The Labute approximate surface area is 214 Å². The van der Waals surface area contributed by atoms with Gasteiger partial charge in [0, 0.05) is 28.5 Å². The number of halogens is 4. The van der Waals surface area contributed by atoms with Crippen LogP contribution in [0.1, 0.15) is 17.2 Å². The fourth-order valence-corrected chi connectivity index (χ4v) is 4.27. The number of hydrazine groups is 2. The molecule has 1 aromatic heterocycles. The summed E-state index contributed by atoms with van der Waals surface area (Å²) in [5.74, 6) is -1.60. The minimum atomic E-state index is -0.800. The molecule has 1 atom stereocenters. The largest absolute Gasteiger partial charge is 0.373 e. The SMILES string of the molecule is N#Cc1cnc2c(Cl)cc(N[C@H](C3=CNNN3)c3ccc(Cl)cc3)cc2c1Nc1c(F)cccc1F. The number of aromatic nitrogens is 1. The number of para-hydroxylation sites is 1. The number of pyridine rings is 1. The molecule has 36 heavy (non-hydrogen) atoms. The summed E-state index contributed by atoms with van der Waals surface area (Å²) in [4.78, 5) is 4.30. The lowest BCUT2D eigenvalue weighted by molar-refractivity contribution is 0.583. The van der Waals surface area contributed by atoms with Gasteiger partial charge in [0.05, 0.1) is 33.5 Å². The Hall–Kier alpha value is -4.10. The molecule has 3 aromatic carbocycles. The molecule has 5 rings (SSSR count). The first-order valence-corrected chi connectivity index (χ1v) is 11.4. The highest BCUT2D eigenvalue weighted by Gasteiger charge is 2.21. The lowest BCUT2D eigenvalue weighted by Gasteiger charge is -2.22. The number of nitrogens with one attached hydrogen (secondary N) is 5. The summed E-state index contributed by atoms with van der Waals surface area (Å²) in [5, 5.41) is 17.1. The summed E-state index contributed by atoms with van der Waals surface area (Å²) < 4.78 is 28.8. The van der Waals surface area contributed by atoms with Crippen molar-refractivity contribution in [3.05, 3.63) is 105 Å². The van der Waals surface area contributed by atoms with Gasteiger partial charge in [0.2, 0.25) is 0 Å². The maximum Gasteiger partial charge on any atom is 0.149 e. The van der Waals surface area contributed by atoms with Gasteiger partial charge in [-0.2, -0.15) is 10.8 Å². The van der Waals surface area contributed by atoms with Gasteiger partial charge in [0.15, 0.2) is 0 Å². The molecule has 4 aromatic rings. The monoisotopic (exact) mass is 523 g/mol. The number of nitriles is 1. The van der Waals surface area contributed by atoms with Crippen LogP contribution in [0.25, 0.3) is 10.9 Å².